The second kappa shape index (κ2) is 4.53. The van der Waals surface area contributed by atoms with Crippen LogP contribution in [0.25, 0.3) is 0 Å². The summed E-state index contributed by atoms with van der Waals surface area (Å²) in [5, 5.41) is 4.38. The molecule has 17 heavy (non-hydrogen) atoms. The maximum atomic E-state index is 5.78. The minimum Gasteiger partial charge on any atom is -0.453 e. The second-order valence-corrected chi connectivity index (χ2v) is 5.00. The average Bonchev–Trinajstić information content (AvgIpc) is 2.61. The van der Waals surface area contributed by atoms with E-state index in [1.54, 1.807) is 6.20 Å². The lowest BCUT2D eigenvalue weighted by Gasteiger charge is -2.26. The highest BCUT2D eigenvalue weighted by Crippen LogP contribution is 2.37. The average molecular weight is 293 g/mol. The van der Waals surface area contributed by atoms with Crippen LogP contribution in [0.1, 0.15) is 25.3 Å². The highest BCUT2D eigenvalue weighted by Gasteiger charge is 2.23. The first kappa shape index (κ1) is 10.8. The van der Waals surface area contributed by atoms with Gasteiger partial charge in [-0.15, -0.1) is 0 Å². The van der Waals surface area contributed by atoms with Crippen molar-refractivity contribution < 1.29 is 4.74 Å². The summed E-state index contributed by atoms with van der Waals surface area (Å²) >= 11 is 3.56. The molecule has 0 bridgehead atoms. The Morgan fingerprint density at radius 1 is 1.24 bits per heavy atom. The molecule has 0 amide bonds. The molecule has 0 radical (unpaired) electrons. The third-order valence-electron chi connectivity index (χ3n) is 3.10. The lowest BCUT2D eigenvalue weighted by atomic mass is 9.93. The number of benzene rings is 1. The van der Waals surface area contributed by atoms with Gasteiger partial charge in [0.2, 0.25) is 0 Å². The van der Waals surface area contributed by atoms with Gasteiger partial charge in [-0.25, -0.2) is 0 Å². The highest BCUT2D eigenvalue weighted by atomic mass is 79.9. The zero-order chi connectivity index (χ0) is 11.7. The van der Waals surface area contributed by atoms with Gasteiger partial charge < -0.3 is 4.74 Å². The fourth-order valence-electron chi connectivity index (χ4n) is 1.90. The van der Waals surface area contributed by atoms with Gasteiger partial charge in [0, 0.05) is 0 Å². The van der Waals surface area contributed by atoms with Crippen molar-refractivity contribution in [3.05, 3.63) is 41.1 Å². The van der Waals surface area contributed by atoms with Gasteiger partial charge in [0.25, 0.3) is 0 Å². The smallest absolute Gasteiger partial charge is 0.179 e. The number of ether oxygens (including phenoxy) is 1. The number of para-hydroxylation sites is 1. The van der Waals surface area contributed by atoms with Gasteiger partial charge in [-0.2, -0.15) is 5.10 Å². The van der Waals surface area contributed by atoms with Crippen molar-refractivity contribution in [2.75, 3.05) is 0 Å². The molecule has 3 rings (SSSR count). The summed E-state index contributed by atoms with van der Waals surface area (Å²) in [6.07, 6.45) is 5.50. The molecule has 2 aromatic rings. The second-order valence-electron chi connectivity index (χ2n) is 4.24. The lowest BCUT2D eigenvalue weighted by Crippen LogP contribution is -2.18. The summed E-state index contributed by atoms with van der Waals surface area (Å²) in [5.74, 6) is 1.62. The van der Waals surface area contributed by atoms with Crippen LogP contribution in [0.5, 0.6) is 11.5 Å². The summed E-state index contributed by atoms with van der Waals surface area (Å²) in [6, 6.07) is 10.3. The van der Waals surface area contributed by atoms with Crippen LogP contribution in [0.4, 0.5) is 0 Å². The summed E-state index contributed by atoms with van der Waals surface area (Å²) in [7, 11) is 0. The number of rotatable bonds is 3. The Kier molecular flexibility index (Phi) is 2.89. The standard InChI is InChI=1S/C13H13BrN2O/c14-13-12(17-11-7-2-1-3-8-11)9-15-16(13)10-5-4-6-10/h1-3,7-10H,4-6H2. The maximum Gasteiger partial charge on any atom is 0.179 e. The van der Waals surface area contributed by atoms with Crippen LogP contribution in [0.3, 0.4) is 0 Å². The van der Waals surface area contributed by atoms with E-state index in [1.165, 1.54) is 19.3 Å². The predicted molar refractivity (Wildman–Crippen MR) is 69.3 cm³/mol. The Labute approximate surface area is 109 Å². The van der Waals surface area contributed by atoms with Gasteiger partial charge >= 0.3 is 0 Å². The predicted octanol–water partition coefficient (Wildman–Crippen LogP) is 4.16. The molecular weight excluding hydrogens is 280 g/mol. The maximum absolute atomic E-state index is 5.78. The van der Waals surface area contributed by atoms with E-state index in [4.69, 9.17) is 4.74 Å². The summed E-state index contributed by atoms with van der Waals surface area (Å²) < 4.78 is 8.73. The molecule has 0 N–H and O–H groups in total. The van der Waals surface area contributed by atoms with Gasteiger partial charge in [-0.1, -0.05) is 18.2 Å². The van der Waals surface area contributed by atoms with Crippen LogP contribution < -0.4 is 4.74 Å². The minimum absolute atomic E-state index is 0.539. The SMILES string of the molecule is Brc1c(Oc2ccccc2)cnn1C1CCC1. The van der Waals surface area contributed by atoms with Gasteiger partial charge in [0.15, 0.2) is 5.75 Å². The first-order valence-electron chi connectivity index (χ1n) is 5.80. The number of hydrogen-bond acceptors (Lipinski definition) is 2. The van der Waals surface area contributed by atoms with E-state index in [2.05, 4.69) is 21.0 Å². The van der Waals surface area contributed by atoms with E-state index < -0.39 is 0 Å². The van der Waals surface area contributed by atoms with Crippen LogP contribution >= 0.6 is 15.9 Å². The van der Waals surface area contributed by atoms with Crippen LogP contribution in [-0.2, 0) is 0 Å². The first-order valence-corrected chi connectivity index (χ1v) is 6.60. The molecule has 1 aromatic heterocycles. The van der Waals surface area contributed by atoms with E-state index in [1.807, 2.05) is 35.0 Å². The third kappa shape index (κ3) is 2.09. The van der Waals surface area contributed by atoms with Crippen molar-refractivity contribution >= 4 is 15.9 Å². The Balaban J connectivity index is 1.82. The van der Waals surface area contributed by atoms with Gasteiger partial charge in [-0.05, 0) is 47.3 Å². The van der Waals surface area contributed by atoms with Gasteiger partial charge in [0.1, 0.15) is 10.4 Å². The summed E-state index contributed by atoms with van der Waals surface area (Å²) in [4.78, 5) is 0. The van der Waals surface area contributed by atoms with Crippen LogP contribution in [0.15, 0.2) is 41.1 Å². The van der Waals surface area contributed by atoms with Crippen molar-refractivity contribution in [2.45, 2.75) is 25.3 Å². The molecule has 1 saturated carbocycles. The molecule has 1 heterocycles. The van der Waals surface area contributed by atoms with E-state index in [0.717, 1.165) is 16.1 Å². The Bertz CT molecular complexity index is 505. The molecule has 0 saturated heterocycles. The molecule has 1 aliphatic carbocycles. The van der Waals surface area contributed by atoms with E-state index in [-0.39, 0.29) is 0 Å². The fraction of sp³-hybridized carbons (Fsp3) is 0.308. The van der Waals surface area contributed by atoms with Crippen LogP contribution in [0, 0.1) is 0 Å². The van der Waals surface area contributed by atoms with Crippen molar-refractivity contribution in [3.63, 3.8) is 0 Å². The molecule has 0 aliphatic heterocycles. The Morgan fingerprint density at radius 2 is 2.00 bits per heavy atom. The normalized spacial score (nSPS) is 15.6. The Morgan fingerprint density at radius 3 is 2.65 bits per heavy atom. The van der Waals surface area contributed by atoms with Gasteiger partial charge in [-0.3, -0.25) is 4.68 Å². The number of hydrogen-bond donors (Lipinski definition) is 0. The number of nitrogens with zero attached hydrogens (tertiary/aromatic N) is 2. The van der Waals surface area contributed by atoms with Crippen molar-refractivity contribution in [2.24, 2.45) is 0 Å². The van der Waals surface area contributed by atoms with E-state index >= 15 is 0 Å². The molecule has 0 atom stereocenters. The quantitative estimate of drug-likeness (QED) is 0.849. The lowest BCUT2D eigenvalue weighted by molar-refractivity contribution is 0.284. The zero-order valence-corrected chi connectivity index (χ0v) is 10.9. The molecule has 1 fully saturated rings. The highest BCUT2D eigenvalue weighted by molar-refractivity contribution is 9.10. The summed E-state index contributed by atoms with van der Waals surface area (Å²) in [5.41, 5.74) is 0. The molecule has 88 valence electrons. The monoisotopic (exact) mass is 292 g/mol. The molecule has 4 heteroatoms. The number of aromatic nitrogens is 2. The molecule has 1 aromatic carbocycles. The molecular formula is C13H13BrN2O. The van der Waals surface area contributed by atoms with Crippen molar-refractivity contribution in [3.8, 4) is 11.5 Å². The van der Waals surface area contributed by atoms with E-state index in [0.29, 0.717) is 6.04 Å². The van der Waals surface area contributed by atoms with Crippen molar-refractivity contribution in [1.29, 1.82) is 0 Å². The number of halogens is 1. The molecule has 1 aliphatic rings. The largest absolute Gasteiger partial charge is 0.453 e. The van der Waals surface area contributed by atoms with Gasteiger partial charge in [0.05, 0.1) is 12.2 Å². The Hall–Kier alpha value is -1.29. The van der Waals surface area contributed by atoms with Crippen molar-refractivity contribution in [1.82, 2.24) is 9.78 Å². The molecule has 3 nitrogen and oxygen atoms in total. The van der Waals surface area contributed by atoms with E-state index in [9.17, 15) is 0 Å². The molecule has 0 spiro atoms. The van der Waals surface area contributed by atoms with Crippen LogP contribution in [0.2, 0.25) is 0 Å². The summed E-state index contributed by atoms with van der Waals surface area (Å²) in [6.45, 7) is 0. The van der Waals surface area contributed by atoms with Crippen LogP contribution in [-0.4, -0.2) is 9.78 Å². The first-order chi connectivity index (χ1) is 8.34. The zero-order valence-electron chi connectivity index (χ0n) is 9.34. The topological polar surface area (TPSA) is 27.1 Å². The minimum atomic E-state index is 0.539. The fourth-order valence-corrected chi connectivity index (χ4v) is 2.47. The third-order valence-corrected chi connectivity index (χ3v) is 3.85. The molecule has 0 unspecified atom stereocenters.